The number of amides is 1. The van der Waals surface area contributed by atoms with E-state index in [1.165, 1.54) is 11.3 Å². The average Bonchev–Trinajstić information content (AvgIpc) is 2.77. The van der Waals surface area contributed by atoms with Crippen molar-refractivity contribution in [1.29, 1.82) is 0 Å². The standard InChI is InChI=1S/C11H10ClN3OS/c1-7-3-2-4-8(5-7)10(16)13-11-15-14-9(6-12)17-11/h2-5H,6H2,1H3,(H,13,15,16). The summed E-state index contributed by atoms with van der Waals surface area (Å²) in [5, 5.41) is 11.5. The maximum Gasteiger partial charge on any atom is 0.257 e. The number of alkyl halides is 1. The van der Waals surface area contributed by atoms with Crippen molar-refractivity contribution in [3.63, 3.8) is 0 Å². The molecule has 1 aromatic heterocycles. The number of halogens is 1. The lowest BCUT2D eigenvalue weighted by atomic mass is 10.1. The monoisotopic (exact) mass is 267 g/mol. The van der Waals surface area contributed by atoms with Crippen molar-refractivity contribution in [1.82, 2.24) is 10.2 Å². The van der Waals surface area contributed by atoms with Gasteiger partial charge in [-0.1, -0.05) is 29.0 Å². The first-order valence-electron chi connectivity index (χ1n) is 4.95. The predicted molar refractivity (Wildman–Crippen MR) is 68.6 cm³/mol. The van der Waals surface area contributed by atoms with Crippen LogP contribution in [0.5, 0.6) is 0 Å². The van der Waals surface area contributed by atoms with E-state index in [0.29, 0.717) is 21.6 Å². The normalized spacial score (nSPS) is 10.2. The average molecular weight is 268 g/mol. The summed E-state index contributed by atoms with van der Waals surface area (Å²) in [7, 11) is 0. The van der Waals surface area contributed by atoms with Gasteiger partial charge < -0.3 is 0 Å². The number of aryl methyl sites for hydroxylation is 1. The second kappa shape index (κ2) is 5.25. The number of nitrogens with one attached hydrogen (secondary N) is 1. The molecule has 6 heteroatoms. The van der Waals surface area contributed by atoms with Crippen LogP contribution in [0, 0.1) is 6.92 Å². The van der Waals surface area contributed by atoms with Crippen molar-refractivity contribution in [2.45, 2.75) is 12.8 Å². The number of carbonyl (C=O) groups excluding carboxylic acids is 1. The Labute approximate surface area is 108 Å². The summed E-state index contributed by atoms with van der Waals surface area (Å²) < 4.78 is 0. The minimum absolute atomic E-state index is 0.189. The Hall–Kier alpha value is -1.46. The predicted octanol–water partition coefficient (Wildman–Crippen LogP) is 2.84. The van der Waals surface area contributed by atoms with E-state index in [1.54, 1.807) is 6.07 Å². The molecule has 0 aliphatic heterocycles. The van der Waals surface area contributed by atoms with E-state index in [-0.39, 0.29) is 5.91 Å². The van der Waals surface area contributed by atoms with Gasteiger partial charge in [0.2, 0.25) is 5.13 Å². The third-order valence-electron chi connectivity index (χ3n) is 2.08. The maximum absolute atomic E-state index is 11.9. The highest BCUT2D eigenvalue weighted by Gasteiger charge is 2.09. The molecular weight excluding hydrogens is 258 g/mol. The Morgan fingerprint density at radius 2 is 2.29 bits per heavy atom. The fourth-order valence-electron chi connectivity index (χ4n) is 1.31. The third kappa shape index (κ3) is 3.01. The SMILES string of the molecule is Cc1cccc(C(=O)Nc2nnc(CCl)s2)c1. The van der Waals surface area contributed by atoms with E-state index in [1.807, 2.05) is 25.1 Å². The molecule has 0 bridgehead atoms. The van der Waals surface area contributed by atoms with Crippen molar-refractivity contribution < 1.29 is 4.79 Å². The highest BCUT2D eigenvalue weighted by molar-refractivity contribution is 7.15. The minimum Gasteiger partial charge on any atom is -0.296 e. The molecule has 1 aromatic carbocycles. The van der Waals surface area contributed by atoms with E-state index < -0.39 is 0 Å². The van der Waals surface area contributed by atoms with Gasteiger partial charge >= 0.3 is 0 Å². The van der Waals surface area contributed by atoms with Crippen molar-refractivity contribution >= 4 is 34.0 Å². The van der Waals surface area contributed by atoms with Crippen LogP contribution in [0.1, 0.15) is 20.9 Å². The number of nitrogens with zero attached hydrogens (tertiary/aromatic N) is 2. The van der Waals surface area contributed by atoms with Crippen LogP contribution in [0.2, 0.25) is 0 Å². The van der Waals surface area contributed by atoms with Crippen molar-refractivity contribution in [3.05, 3.63) is 40.4 Å². The first-order chi connectivity index (χ1) is 8.19. The first kappa shape index (κ1) is 12.0. The van der Waals surface area contributed by atoms with Gasteiger partial charge in [0.1, 0.15) is 5.01 Å². The molecule has 2 aromatic rings. The van der Waals surface area contributed by atoms with E-state index >= 15 is 0 Å². The fraction of sp³-hybridized carbons (Fsp3) is 0.182. The van der Waals surface area contributed by atoms with Gasteiger partial charge in [-0.25, -0.2) is 0 Å². The van der Waals surface area contributed by atoms with E-state index in [4.69, 9.17) is 11.6 Å². The highest BCUT2D eigenvalue weighted by Crippen LogP contribution is 2.17. The highest BCUT2D eigenvalue weighted by atomic mass is 35.5. The van der Waals surface area contributed by atoms with Gasteiger partial charge in [0, 0.05) is 5.56 Å². The van der Waals surface area contributed by atoms with Crippen LogP contribution >= 0.6 is 22.9 Å². The van der Waals surface area contributed by atoms with Gasteiger partial charge in [-0.05, 0) is 19.1 Å². The van der Waals surface area contributed by atoms with Crippen LogP contribution in [0.3, 0.4) is 0 Å². The van der Waals surface area contributed by atoms with Crippen LogP contribution in [-0.2, 0) is 5.88 Å². The molecule has 4 nitrogen and oxygen atoms in total. The van der Waals surface area contributed by atoms with E-state index in [2.05, 4.69) is 15.5 Å². The molecule has 0 aliphatic carbocycles. The molecule has 0 aliphatic rings. The summed E-state index contributed by atoms with van der Waals surface area (Å²) >= 11 is 6.88. The summed E-state index contributed by atoms with van der Waals surface area (Å²) in [6.07, 6.45) is 0. The minimum atomic E-state index is -0.189. The Morgan fingerprint density at radius 1 is 1.47 bits per heavy atom. The largest absolute Gasteiger partial charge is 0.296 e. The molecule has 0 saturated carbocycles. The molecular formula is C11H10ClN3OS. The van der Waals surface area contributed by atoms with E-state index in [0.717, 1.165) is 5.56 Å². The second-order valence-electron chi connectivity index (χ2n) is 3.46. The molecule has 1 N–H and O–H groups in total. The Bertz CT molecular complexity index is 541. The summed E-state index contributed by atoms with van der Waals surface area (Å²) in [6.45, 7) is 1.94. The second-order valence-corrected chi connectivity index (χ2v) is 4.79. The molecule has 1 amide bonds. The topological polar surface area (TPSA) is 54.9 Å². The number of anilines is 1. The molecule has 0 unspecified atom stereocenters. The number of hydrogen-bond donors (Lipinski definition) is 1. The van der Waals surface area contributed by atoms with Gasteiger partial charge in [-0.3, -0.25) is 10.1 Å². The van der Waals surface area contributed by atoms with Gasteiger partial charge in [-0.15, -0.1) is 21.8 Å². The van der Waals surface area contributed by atoms with Crippen LogP contribution in [-0.4, -0.2) is 16.1 Å². The van der Waals surface area contributed by atoms with E-state index in [9.17, 15) is 4.79 Å². The fourth-order valence-corrected chi connectivity index (χ4v) is 2.12. The van der Waals surface area contributed by atoms with Gasteiger partial charge in [0.25, 0.3) is 5.91 Å². The van der Waals surface area contributed by atoms with Gasteiger partial charge in [-0.2, -0.15) is 0 Å². The number of hydrogen-bond acceptors (Lipinski definition) is 4. The van der Waals surface area contributed by atoms with Crippen molar-refractivity contribution in [3.8, 4) is 0 Å². The zero-order valence-electron chi connectivity index (χ0n) is 9.11. The maximum atomic E-state index is 11.9. The van der Waals surface area contributed by atoms with Crippen LogP contribution in [0.4, 0.5) is 5.13 Å². The molecule has 0 saturated heterocycles. The zero-order chi connectivity index (χ0) is 12.3. The lowest BCUT2D eigenvalue weighted by molar-refractivity contribution is 0.102. The summed E-state index contributed by atoms with van der Waals surface area (Å²) in [4.78, 5) is 11.9. The molecule has 88 valence electrons. The van der Waals surface area contributed by atoms with Crippen LogP contribution < -0.4 is 5.32 Å². The number of carbonyl (C=O) groups is 1. The first-order valence-corrected chi connectivity index (χ1v) is 6.30. The number of aromatic nitrogens is 2. The summed E-state index contributed by atoms with van der Waals surface area (Å²) in [6, 6.07) is 7.35. The molecule has 1 heterocycles. The van der Waals surface area contributed by atoms with Crippen LogP contribution in [0.15, 0.2) is 24.3 Å². The summed E-state index contributed by atoms with van der Waals surface area (Å²) in [5.41, 5.74) is 1.64. The van der Waals surface area contributed by atoms with Gasteiger partial charge in [0.15, 0.2) is 0 Å². The molecule has 2 rings (SSSR count). The van der Waals surface area contributed by atoms with Crippen molar-refractivity contribution in [2.75, 3.05) is 5.32 Å². The number of benzene rings is 1. The third-order valence-corrected chi connectivity index (χ3v) is 3.33. The smallest absolute Gasteiger partial charge is 0.257 e. The molecule has 0 radical (unpaired) electrons. The Balaban J connectivity index is 2.11. The Kier molecular flexibility index (Phi) is 3.71. The van der Waals surface area contributed by atoms with Crippen LogP contribution in [0.25, 0.3) is 0 Å². The molecule has 0 atom stereocenters. The lowest BCUT2D eigenvalue weighted by Crippen LogP contribution is -2.11. The summed E-state index contributed by atoms with van der Waals surface area (Å²) in [5.74, 6) is 0.115. The quantitative estimate of drug-likeness (QED) is 0.870. The lowest BCUT2D eigenvalue weighted by Gasteiger charge is -2.01. The van der Waals surface area contributed by atoms with Crippen molar-refractivity contribution in [2.24, 2.45) is 0 Å². The molecule has 0 fully saturated rings. The Morgan fingerprint density at radius 3 is 2.94 bits per heavy atom. The number of rotatable bonds is 3. The molecule has 17 heavy (non-hydrogen) atoms. The van der Waals surface area contributed by atoms with Gasteiger partial charge in [0.05, 0.1) is 5.88 Å². The molecule has 0 spiro atoms. The zero-order valence-corrected chi connectivity index (χ0v) is 10.7.